The molecule has 1 amide bonds. The Balaban J connectivity index is 2.33. The fraction of sp³-hybridized carbons (Fsp3) is 0.200. The zero-order chi connectivity index (χ0) is 11.5. The molecule has 0 aromatic heterocycles. The topological polar surface area (TPSA) is 88.2 Å². The third kappa shape index (κ3) is 1.77. The van der Waals surface area contributed by atoms with Crippen LogP contribution >= 0.6 is 0 Å². The molecule has 1 aliphatic heterocycles. The van der Waals surface area contributed by atoms with E-state index in [0.717, 1.165) is 0 Å². The number of nitrogens with zero attached hydrogens (tertiary/aromatic N) is 2. The smallest absolute Gasteiger partial charge is 0.265 e. The molecule has 84 valence electrons. The fourth-order valence-electron chi connectivity index (χ4n) is 1.52. The first-order chi connectivity index (χ1) is 7.72. The van der Waals surface area contributed by atoms with Crippen molar-refractivity contribution in [2.45, 2.75) is 0 Å². The van der Waals surface area contributed by atoms with E-state index in [1.54, 1.807) is 18.2 Å². The average molecular weight is 221 g/mol. The minimum atomic E-state index is -0.217. The van der Waals surface area contributed by atoms with E-state index in [1.165, 1.54) is 4.90 Å². The molecule has 0 bridgehead atoms. The number of carbonyl (C=O) groups excluding carboxylic acids is 1. The van der Waals surface area contributed by atoms with Crippen molar-refractivity contribution in [1.29, 1.82) is 0 Å². The van der Waals surface area contributed by atoms with Crippen molar-refractivity contribution in [2.24, 2.45) is 10.9 Å². The van der Waals surface area contributed by atoms with Crippen molar-refractivity contribution in [3.05, 3.63) is 24.3 Å². The molecule has 0 saturated heterocycles. The maximum Gasteiger partial charge on any atom is 0.265 e. The third-order valence-electron chi connectivity index (χ3n) is 2.26. The number of nitrogens with two attached hydrogens (primary N) is 1. The molecule has 0 unspecified atom stereocenters. The van der Waals surface area contributed by atoms with Gasteiger partial charge in [-0.2, -0.15) is 0 Å². The van der Waals surface area contributed by atoms with E-state index in [1.807, 2.05) is 6.07 Å². The quantitative estimate of drug-likeness (QED) is 0.322. The van der Waals surface area contributed by atoms with Crippen LogP contribution in [-0.2, 0) is 4.79 Å². The minimum Gasteiger partial charge on any atom is -0.482 e. The van der Waals surface area contributed by atoms with Crippen molar-refractivity contribution in [2.75, 3.05) is 18.1 Å². The molecule has 6 nitrogen and oxygen atoms in total. The number of hydrogen-bond donors (Lipinski definition) is 2. The maximum absolute atomic E-state index is 11.6. The van der Waals surface area contributed by atoms with Crippen molar-refractivity contribution < 1.29 is 14.7 Å². The summed E-state index contributed by atoms with van der Waals surface area (Å²) in [6, 6.07) is 7.12. The van der Waals surface area contributed by atoms with Crippen molar-refractivity contribution in [3.8, 4) is 5.75 Å². The lowest BCUT2D eigenvalue weighted by Crippen LogP contribution is -2.43. The maximum atomic E-state index is 11.6. The third-order valence-corrected chi connectivity index (χ3v) is 2.26. The number of oxime groups is 1. The van der Waals surface area contributed by atoms with Gasteiger partial charge in [0.15, 0.2) is 12.4 Å². The Morgan fingerprint density at radius 1 is 1.56 bits per heavy atom. The van der Waals surface area contributed by atoms with Crippen LogP contribution < -0.4 is 15.4 Å². The van der Waals surface area contributed by atoms with Gasteiger partial charge in [-0.05, 0) is 12.1 Å². The molecule has 6 heteroatoms. The van der Waals surface area contributed by atoms with Gasteiger partial charge in [0.05, 0.1) is 12.2 Å². The van der Waals surface area contributed by atoms with Gasteiger partial charge in [0.2, 0.25) is 0 Å². The molecule has 0 atom stereocenters. The normalized spacial score (nSPS) is 15.6. The number of carbonyl (C=O) groups is 1. The Labute approximate surface area is 91.9 Å². The SMILES string of the molecule is NC(CN1C(=O)COc2ccccc21)=NO. The molecule has 1 heterocycles. The molecule has 0 spiro atoms. The van der Waals surface area contributed by atoms with Gasteiger partial charge in [0.1, 0.15) is 5.75 Å². The van der Waals surface area contributed by atoms with Crippen LogP contribution in [0.3, 0.4) is 0 Å². The molecule has 3 N–H and O–H groups in total. The molecule has 0 saturated carbocycles. The van der Waals surface area contributed by atoms with Crippen LogP contribution in [0.15, 0.2) is 29.4 Å². The summed E-state index contributed by atoms with van der Waals surface area (Å²) >= 11 is 0. The average Bonchev–Trinajstić information content (AvgIpc) is 2.32. The standard InChI is InChI=1S/C10H11N3O3/c11-9(12-15)5-13-7-3-1-2-4-8(7)16-6-10(13)14/h1-4,15H,5-6H2,(H2,11,12). The van der Waals surface area contributed by atoms with Crippen LogP contribution in [0.5, 0.6) is 5.75 Å². The number of rotatable bonds is 2. The zero-order valence-electron chi connectivity index (χ0n) is 8.46. The molecule has 2 rings (SSSR count). The Morgan fingerprint density at radius 2 is 2.31 bits per heavy atom. The summed E-state index contributed by atoms with van der Waals surface area (Å²) in [7, 11) is 0. The first-order valence-corrected chi connectivity index (χ1v) is 4.71. The summed E-state index contributed by atoms with van der Waals surface area (Å²) < 4.78 is 5.25. The number of fused-ring (bicyclic) bond motifs is 1. The van der Waals surface area contributed by atoms with Gasteiger partial charge < -0.3 is 15.7 Å². The molecule has 0 radical (unpaired) electrons. The van der Waals surface area contributed by atoms with E-state index in [4.69, 9.17) is 15.7 Å². The molecule has 0 fully saturated rings. The van der Waals surface area contributed by atoms with E-state index in [0.29, 0.717) is 11.4 Å². The summed E-state index contributed by atoms with van der Waals surface area (Å²) in [6.07, 6.45) is 0. The van der Waals surface area contributed by atoms with Crippen molar-refractivity contribution in [1.82, 2.24) is 0 Å². The first-order valence-electron chi connectivity index (χ1n) is 4.71. The number of amides is 1. The highest BCUT2D eigenvalue weighted by Crippen LogP contribution is 2.30. The highest BCUT2D eigenvalue weighted by molar-refractivity contribution is 6.02. The van der Waals surface area contributed by atoms with E-state index in [2.05, 4.69) is 5.16 Å². The van der Waals surface area contributed by atoms with Crippen LogP contribution in [0.4, 0.5) is 5.69 Å². The van der Waals surface area contributed by atoms with Crippen LogP contribution in [0.2, 0.25) is 0 Å². The highest BCUT2D eigenvalue weighted by atomic mass is 16.5. The monoisotopic (exact) mass is 221 g/mol. The number of amidine groups is 1. The summed E-state index contributed by atoms with van der Waals surface area (Å²) in [6.45, 7) is 0.0193. The molecule has 1 aliphatic rings. The second-order valence-corrected chi connectivity index (χ2v) is 3.33. The lowest BCUT2D eigenvalue weighted by Gasteiger charge is -2.28. The lowest BCUT2D eigenvalue weighted by molar-refractivity contribution is -0.121. The summed E-state index contributed by atoms with van der Waals surface area (Å²) in [5.74, 6) is 0.378. The predicted octanol–water partition coefficient (Wildman–Crippen LogP) is 0.158. The summed E-state index contributed by atoms with van der Waals surface area (Å²) in [5, 5.41) is 11.3. The molecular formula is C10H11N3O3. The van der Waals surface area contributed by atoms with E-state index < -0.39 is 0 Å². The van der Waals surface area contributed by atoms with Crippen molar-refractivity contribution >= 4 is 17.4 Å². The second kappa shape index (κ2) is 4.09. The van der Waals surface area contributed by atoms with Gasteiger partial charge in [-0.15, -0.1) is 0 Å². The van der Waals surface area contributed by atoms with Crippen LogP contribution in [0, 0.1) is 0 Å². The number of para-hydroxylation sites is 2. The minimum absolute atomic E-state index is 0.0231. The lowest BCUT2D eigenvalue weighted by atomic mass is 10.2. The van der Waals surface area contributed by atoms with Gasteiger partial charge >= 0.3 is 0 Å². The Morgan fingerprint density at radius 3 is 3.06 bits per heavy atom. The predicted molar refractivity (Wildman–Crippen MR) is 57.7 cm³/mol. The molecule has 0 aliphatic carbocycles. The number of hydrogen-bond acceptors (Lipinski definition) is 4. The van der Waals surface area contributed by atoms with E-state index in [9.17, 15) is 4.79 Å². The Kier molecular flexibility index (Phi) is 2.63. The first kappa shape index (κ1) is 10.3. The van der Waals surface area contributed by atoms with Gasteiger partial charge in [-0.25, -0.2) is 0 Å². The Hall–Kier alpha value is -2.24. The second-order valence-electron chi connectivity index (χ2n) is 3.33. The molecular weight excluding hydrogens is 210 g/mol. The van der Waals surface area contributed by atoms with Gasteiger partial charge in [-0.1, -0.05) is 17.3 Å². The van der Waals surface area contributed by atoms with E-state index in [-0.39, 0.29) is 24.9 Å². The van der Waals surface area contributed by atoms with Gasteiger partial charge in [-0.3, -0.25) is 9.69 Å². The summed E-state index contributed by atoms with van der Waals surface area (Å²) in [4.78, 5) is 13.0. The van der Waals surface area contributed by atoms with Gasteiger partial charge in [0, 0.05) is 0 Å². The molecule has 1 aromatic carbocycles. The van der Waals surface area contributed by atoms with Gasteiger partial charge in [0.25, 0.3) is 5.91 Å². The van der Waals surface area contributed by atoms with Crippen molar-refractivity contribution in [3.63, 3.8) is 0 Å². The van der Waals surface area contributed by atoms with E-state index >= 15 is 0 Å². The zero-order valence-corrected chi connectivity index (χ0v) is 8.46. The number of anilines is 1. The Bertz CT molecular complexity index is 445. The number of ether oxygens (including phenoxy) is 1. The number of benzene rings is 1. The van der Waals surface area contributed by atoms with Crippen LogP contribution in [0.1, 0.15) is 0 Å². The highest BCUT2D eigenvalue weighted by Gasteiger charge is 2.25. The van der Waals surface area contributed by atoms with Crippen LogP contribution in [-0.4, -0.2) is 30.1 Å². The fourth-order valence-corrected chi connectivity index (χ4v) is 1.52. The molecule has 16 heavy (non-hydrogen) atoms. The van der Waals surface area contributed by atoms with Crippen LogP contribution in [0.25, 0.3) is 0 Å². The molecule has 1 aromatic rings. The summed E-state index contributed by atoms with van der Waals surface area (Å²) in [5.41, 5.74) is 6.02. The largest absolute Gasteiger partial charge is 0.482 e.